The maximum atomic E-state index is 12.4. The van der Waals surface area contributed by atoms with Crippen LogP contribution >= 0.6 is 15.9 Å². The molecule has 0 radical (unpaired) electrons. The van der Waals surface area contributed by atoms with Crippen molar-refractivity contribution in [3.05, 3.63) is 58.3 Å². The molecule has 0 aliphatic carbocycles. The van der Waals surface area contributed by atoms with Crippen LogP contribution in [0.15, 0.2) is 47.1 Å². The minimum absolute atomic E-state index is 0.163. The second-order valence-electron chi connectivity index (χ2n) is 4.91. The number of nitrogens with one attached hydrogen (secondary N) is 2. The number of hydrogen-bond acceptors (Lipinski definition) is 3. The van der Waals surface area contributed by atoms with Gasteiger partial charge in [-0.3, -0.25) is 9.59 Å². The molecule has 0 bridgehead atoms. The first-order chi connectivity index (χ1) is 11.0. The summed E-state index contributed by atoms with van der Waals surface area (Å²) < 4.78 is 0.757. The Bertz CT molecular complexity index is 904. The summed E-state index contributed by atoms with van der Waals surface area (Å²) in [6, 6.07) is 10.3. The van der Waals surface area contributed by atoms with Crippen LogP contribution in [0.3, 0.4) is 0 Å². The van der Waals surface area contributed by atoms with Gasteiger partial charge in [-0.2, -0.15) is 0 Å². The van der Waals surface area contributed by atoms with Crippen molar-refractivity contribution in [1.82, 2.24) is 9.97 Å². The number of para-hydroxylation sites is 1. The number of pyridine rings is 1. The molecule has 3 N–H and O–H groups in total. The number of carbonyl (C=O) groups is 2. The molecule has 0 saturated carbocycles. The second kappa shape index (κ2) is 6.21. The van der Waals surface area contributed by atoms with Gasteiger partial charge in [0.25, 0.3) is 5.91 Å². The van der Waals surface area contributed by atoms with Crippen molar-refractivity contribution in [2.75, 3.05) is 5.32 Å². The minimum atomic E-state index is -0.958. The lowest BCUT2D eigenvalue weighted by molar-refractivity contribution is -0.136. The summed E-state index contributed by atoms with van der Waals surface area (Å²) in [6.45, 7) is 0. The first-order valence-electron chi connectivity index (χ1n) is 6.79. The molecule has 0 aliphatic rings. The summed E-state index contributed by atoms with van der Waals surface area (Å²) >= 11 is 3.41. The minimum Gasteiger partial charge on any atom is -0.481 e. The van der Waals surface area contributed by atoms with E-state index in [0.717, 1.165) is 9.86 Å². The molecule has 1 amide bonds. The lowest BCUT2D eigenvalue weighted by Gasteiger charge is -2.09. The molecule has 0 unspecified atom stereocenters. The van der Waals surface area contributed by atoms with E-state index in [9.17, 15) is 9.59 Å². The number of aliphatic carboxylic acids is 1. The van der Waals surface area contributed by atoms with Crippen molar-refractivity contribution < 1.29 is 14.7 Å². The van der Waals surface area contributed by atoms with E-state index in [1.807, 2.05) is 6.07 Å². The smallest absolute Gasteiger partial charge is 0.307 e. The van der Waals surface area contributed by atoms with Crippen LogP contribution in [-0.2, 0) is 11.2 Å². The molecular weight excluding hydrogens is 362 g/mol. The zero-order chi connectivity index (χ0) is 16.4. The van der Waals surface area contributed by atoms with Crippen molar-refractivity contribution >= 4 is 44.5 Å². The molecule has 2 heterocycles. The van der Waals surface area contributed by atoms with Gasteiger partial charge >= 0.3 is 5.97 Å². The Morgan fingerprint density at radius 3 is 2.83 bits per heavy atom. The summed E-state index contributed by atoms with van der Waals surface area (Å²) in [6.07, 6.45) is 1.58. The molecule has 1 aromatic carbocycles. The van der Waals surface area contributed by atoms with Gasteiger partial charge in [-0.1, -0.05) is 18.2 Å². The maximum Gasteiger partial charge on any atom is 0.307 e. The number of aromatic amines is 1. The van der Waals surface area contributed by atoms with Crippen LogP contribution in [0.1, 0.15) is 16.1 Å². The van der Waals surface area contributed by atoms with Crippen LogP contribution < -0.4 is 5.32 Å². The van der Waals surface area contributed by atoms with E-state index in [2.05, 4.69) is 31.2 Å². The lowest BCUT2D eigenvalue weighted by Crippen LogP contribution is -2.16. The summed E-state index contributed by atoms with van der Waals surface area (Å²) in [5.41, 5.74) is 1.83. The predicted molar refractivity (Wildman–Crippen MR) is 89.5 cm³/mol. The van der Waals surface area contributed by atoms with Crippen molar-refractivity contribution in [2.45, 2.75) is 6.42 Å². The second-order valence-corrected chi connectivity index (χ2v) is 5.77. The standard InChI is InChI=1S/C16H12BrN3O3/c17-11-8-13(19-15-10(11)5-6-18-15)16(23)20-12-4-2-1-3-9(12)7-14(21)22/h1-6,8H,7H2,(H,18,19)(H,20,23)(H,21,22). The molecule has 3 rings (SSSR count). The van der Waals surface area contributed by atoms with E-state index in [4.69, 9.17) is 5.11 Å². The number of nitrogens with zero attached hydrogens (tertiary/aromatic N) is 1. The van der Waals surface area contributed by atoms with Gasteiger partial charge in [0.1, 0.15) is 11.3 Å². The van der Waals surface area contributed by atoms with Crippen molar-refractivity contribution in [1.29, 1.82) is 0 Å². The number of carboxylic acids is 1. The van der Waals surface area contributed by atoms with Crippen LogP contribution in [0.25, 0.3) is 11.0 Å². The third kappa shape index (κ3) is 3.24. The fourth-order valence-electron chi connectivity index (χ4n) is 2.26. The van der Waals surface area contributed by atoms with Gasteiger partial charge in [0.2, 0.25) is 0 Å². The molecule has 2 aromatic heterocycles. The molecule has 0 saturated heterocycles. The number of rotatable bonds is 4. The van der Waals surface area contributed by atoms with E-state index in [-0.39, 0.29) is 12.1 Å². The summed E-state index contributed by atoms with van der Waals surface area (Å²) in [7, 11) is 0. The average molecular weight is 374 g/mol. The normalized spacial score (nSPS) is 10.7. The Morgan fingerprint density at radius 1 is 1.26 bits per heavy atom. The number of aromatic nitrogens is 2. The highest BCUT2D eigenvalue weighted by Crippen LogP contribution is 2.23. The summed E-state index contributed by atoms with van der Waals surface area (Å²) in [5, 5.41) is 12.5. The molecule has 3 aromatic rings. The SMILES string of the molecule is O=C(O)Cc1ccccc1NC(=O)c1cc(Br)c2cc[nH]c2n1. The van der Waals surface area contributed by atoms with Crippen LogP contribution in [-0.4, -0.2) is 27.0 Å². The van der Waals surface area contributed by atoms with Crippen LogP contribution in [0.2, 0.25) is 0 Å². The average Bonchev–Trinajstić information content (AvgIpc) is 2.97. The molecule has 0 aliphatic heterocycles. The Kier molecular flexibility index (Phi) is 4.12. The summed E-state index contributed by atoms with van der Waals surface area (Å²) in [5.74, 6) is -1.36. The van der Waals surface area contributed by atoms with Crippen molar-refractivity contribution in [2.24, 2.45) is 0 Å². The Balaban J connectivity index is 1.90. The maximum absolute atomic E-state index is 12.4. The van der Waals surface area contributed by atoms with Gasteiger partial charge in [-0.25, -0.2) is 4.98 Å². The quantitative estimate of drug-likeness (QED) is 0.654. The third-order valence-corrected chi connectivity index (χ3v) is 3.97. The first-order valence-corrected chi connectivity index (χ1v) is 7.58. The Labute approximate surface area is 139 Å². The molecule has 0 fully saturated rings. The number of benzene rings is 1. The number of carbonyl (C=O) groups excluding carboxylic acids is 1. The van der Waals surface area contributed by atoms with Crippen LogP contribution in [0.5, 0.6) is 0 Å². The number of carboxylic acid groups (broad SMARTS) is 1. The monoisotopic (exact) mass is 373 g/mol. The number of halogens is 1. The summed E-state index contributed by atoms with van der Waals surface area (Å²) in [4.78, 5) is 30.5. The van der Waals surface area contributed by atoms with Gasteiger partial charge in [-0.05, 0) is 39.7 Å². The zero-order valence-corrected chi connectivity index (χ0v) is 13.4. The third-order valence-electron chi connectivity index (χ3n) is 3.32. The lowest BCUT2D eigenvalue weighted by atomic mass is 10.1. The zero-order valence-electron chi connectivity index (χ0n) is 11.8. The molecule has 7 heteroatoms. The van der Waals surface area contributed by atoms with Crippen molar-refractivity contribution in [3.63, 3.8) is 0 Å². The fourth-order valence-corrected chi connectivity index (χ4v) is 2.80. The Morgan fingerprint density at radius 2 is 2.04 bits per heavy atom. The molecule has 116 valence electrons. The predicted octanol–water partition coefficient (Wildman–Crippen LogP) is 3.20. The highest BCUT2D eigenvalue weighted by Gasteiger charge is 2.14. The van der Waals surface area contributed by atoms with E-state index in [1.54, 1.807) is 36.5 Å². The van der Waals surface area contributed by atoms with Gasteiger partial charge in [0.05, 0.1) is 6.42 Å². The largest absolute Gasteiger partial charge is 0.481 e. The van der Waals surface area contributed by atoms with Crippen LogP contribution in [0, 0.1) is 0 Å². The molecular formula is C16H12BrN3O3. The highest BCUT2D eigenvalue weighted by molar-refractivity contribution is 9.10. The number of fused-ring (bicyclic) bond motifs is 1. The number of amides is 1. The van der Waals surface area contributed by atoms with Gasteiger partial charge < -0.3 is 15.4 Å². The molecule has 0 spiro atoms. The Hall–Kier alpha value is -2.67. The molecule has 23 heavy (non-hydrogen) atoms. The molecule has 0 atom stereocenters. The van der Waals surface area contributed by atoms with E-state index >= 15 is 0 Å². The van der Waals surface area contributed by atoms with E-state index < -0.39 is 11.9 Å². The van der Waals surface area contributed by atoms with Gasteiger partial charge in [-0.15, -0.1) is 0 Å². The molecule has 6 nitrogen and oxygen atoms in total. The highest BCUT2D eigenvalue weighted by atomic mass is 79.9. The topological polar surface area (TPSA) is 95.1 Å². The fraction of sp³-hybridized carbons (Fsp3) is 0.0625. The van der Waals surface area contributed by atoms with Crippen LogP contribution in [0.4, 0.5) is 5.69 Å². The number of H-pyrrole nitrogens is 1. The number of hydrogen-bond donors (Lipinski definition) is 3. The van der Waals surface area contributed by atoms with E-state index in [1.165, 1.54) is 0 Å². The first kappa shape index (κ1) is 15.2. The van der Waals surface area contributed by atoms with Gasteiger partial charge in [0, 0.05) is 21.7 Å². The van der Waals surface area contributed by atoms with Gasteiger partial charge in [0.15, 0.2) is 0 Å². The van der Waals surface area contributed by atoms with E-state index in [0.29, 0.717) is 16.9 Å². The van der Waals surface area contributed by atoms with Crippen molar-refractivity contribution in [3.8, 4) is 0 Å². The number of anilines is 1.